The van der Waals surface area contributed by atoms with Crippen molar-refractivity contribution < 1.29 is 13.5 Å². The summed E-state index contributed by atoms with van der Waals surface area (Å²) in [7, 11) is 0. The van der Waals surface area contributed by atoms with E-state index in [-0.39, 0.29) is 11.9 Å². The van der Waals surface area contributed by atoms with E-state index in [1.165, 1.54) is 17.0 Å². The van der Waals surface area contributed by atoms with Gasteiger partial charge in [0.2, 0.25) is 0 Å². The monoisotopic (exact) mass is 283 g/mol. The lowest BCUT2D eigenvalue weighted by molar-refractivity contribution is 0.207. The molecule has 0 saturated heterocycles. The van der Waals surface area contributed by atoms with Gasteiger partial charge in [-0.1, -0.05) is 6.07 Å². The Balaban J connectivity index is 1.79. The summed E-state index contributed by atoms with van der Waals surface area (Å²) in [6.45, 7) is 3.19. The molecular weight excluding hydrogens is 268 g/mol. The van der Waals surface area contributed by atoms with Crippen molar-refractivity contribution in [1.82, 2.24) is 5.32 Å². The third-order valence-electron chi connectivity index (χ3n) is 2.53. The molecular formula is C14H15F2NOS. The SMILES string of the molecule is CC(CNCc1cccs1)Oc1ccc(F)cc1F. The van der Waals surface area contributed by atoms with Gasteiger partial charge in [0, 0.05) is 24.0 Å². The highest BCUT2D eigenvalue weighted by atomic mass is 32.1. The van der Waals surface area contributed by atoms with E-state index in [1.54, 1.807) is 11.3 Å². The molecule has 5 heteroatoms. The molecule has 0 saturated carbocycles. The Bertz CT molecular complexity index is 516. The third kappa shape index (κ3) is 4.29. The van der Waals surface area contributed by atoms with E-state index in [2.05, 4.69) is 5.32 Å². The maximum atomic E-state index is 13.4. The number of benzene rings is 1. The molecule has 0 aliphatic carbocycles. The lowest BCUT2D eigenvalue weighted by atomic mass is 10.3. The van der Waals surface area contributed by atoms with Gasteiger partial charge in [0.15, 0.2) is 11.6 Å². The summed E-state index contributed by atoms with van der Waals surface area (Å²) in [6, 6.07) is 7.35. The van der Waals surface area contributed by atoms with Crippen molar-refractivity contribution in [3.8, 4) is 5.75 Å². The smallest absolute Gasteiger partial charge is 0.167 e. The van der Waals surface area contributed by atoms with E-state index >= 15 is 0 Å². The fourth-order valence-corrected chi connectivity index (χ4v) is 2.32. The Labute approximate surface area is 115 Å². The van der Waals surface area contributed by atoms with Gasteiger partial charge in [-0.15, -0.1) is 11.3 Å². The molecule has 2 nitrogen and oxygen atoms in total. The molecule has 1 atom stereocenters. The number of hydrogen-bond acceptors (Lipinski definition) is 3. The molecule has 102 valence electrons. The number of rotatable bonds is 6. The van der Waals surface area contributed by atoms with Crippen LogP contribution in [0.3, 0.4) is 0 Å². The van der Waals surface area contributed by atoms with Crippen LogP contribution in [-0.4, -0.2) is 12.6 Å². The molecule has 0 fully saturated rings. The molecule has 0 amide bonds. The first-order chi connectivity index (χ1) is 9.15. The first kappa shape index (κ1) is 14.0. The molecule has 0 spiro atoms. The topological polar surface area (TPSA) is 21.3 Å². The minimum absolute atomic E-state index is 0.0758. The van der Waals surface area contributed by atoms with E-state index in [1.807, 2.05) is 24.4 Å². The molecule has 1 N–H and O–H groups in total. The molecule has 1 aromatic heterocycles. The van der Waals surface area contributed by atoms with Crippen molar-refractivity contribution in [3.05, 3.63) is 52.2 Å². The Kier molecular flexibility index (Phi) is 4.87. The van der Waals surface area contributed by atoms with Gasteiger partial charge >= 0.3 is 0 Å². The maximum Gasteiger partial charge on any atom is 0.167 e. The van der Waals surface area contributed by atoms with Crippen LogP contribution in [-0.2, 0) is 6.54 Å². The quantitative estimate of drug-likeness (QED) is 0.875. The summed E-state index contributed by atoms with van der Waals surface area (Å²) >= 11 is 1.68. The molecule has 1 heterocycles. The highest BCUT2D eigenvalue weighted by molar-refractivity contribution is 7.09. The largest absolute Gasteiger partial charge is 0.486 e. The summed E-state index contributed by atoms with van der Waals surface area (Å²) in [5.74, 6) is -1.20. The Hall–Kier alpha value is -1.46. The Morgan fingerprint density at radius 3 is 2.84 bits per heavy atom. The van der Waals surface area contributed by atoms with Crippen molar-refractivity contribution in [2.75, 3.05) is 6.54 Å². The van der Waals surface area contributed by atoms with Crippen LogP contribution in [0.25, 0.3) is 0 Å². The highest BCUT2D eigenvalue weighted by Gasteiger charge is 2.09. The zero-order chi connectivity index (χ0) is 13.7. The number of thiophene rings is 1. The summed E-state index contributed by atoms with van der Waals surface area (Å²) < 4.78 is 31.5. The van der Waals surface area contributed by atoms with Gasteiger partial charge in [-0.25, -0.2) is 8.78 Å². The molecule has 2 aromatic rings. The fraction of sp³-hybridized carbons (Fsp3) is 0.286. The van der Waals surface area contributed by atoms with Gasteiger partial charge in [-0.2, -0.15) is 0 Å². The van der Waals surface area contributed by atoms with Crippen LogP contribution >= 0.6 is 11.3 Å². The van der Waals surface area contributed by atoms with E-state index in [4.69, 9.17) is 4.74 Å². The van der Waals surface area contributed by atoms with Crippen LogP contribution in [0.4, 0.5) is 8.78 Å². The number of halogens is 2. The van der Waals surface area contributed by atoms with E-state index in [0.717, 1.165) is 12.6 Å². The van der Waals surface area contributed by atoms with E-state index < -0.39 is 11.6 Å². The van der Waals surface area contributed by atoms with Gasteiger partial charge in [0.05, 0.1) is 0 Å². The van der Waals surface area contributed by atoms with Crippen LogP contribution in [0.1, 0.15) is 11.8 Å². The average molecular weight is 283 g/mol. The van der Waals surface area contributed by atoms with Gasteiger partial charge < -0.3 is 10.1 Å². The molecule has 0 aliphatic rings. The second-order valence-electron chi connectivity index (χ2n) is 4.21. The van der Waals surface area contributed by atoms with Crippen molar-refractivity contribution in [1.29, 1.82) is 0 Å². The normalized spacial score (nSPS) is 12.4. The summed E-state index contributed by atoms with van der Waals surface area (Å²) in [5.41, 5.74) is 0. The standard InChI is InChI=1S/C14H15F2NOS/c1-10(8-17-9-12-3-2-6-19-12)18-14-5-4-11(15)7-13(14)16/h2-7,10,17H,8-9H2,1H3. The van der Waals surface area contributed by atoms with Crippen LogP contribution in [0.5, 0.6) is 5.75 Å². The van der Waals surface area contributed by atoms with Gasteiger partial charge in [-0.05, 0) is 30.5 Å². The van der Waals surface area contributed by atoms with Crippen LogP contribution in [0, 0.1) is 11.6 Å². The minimum Gasteiger partial charge on any atom is -0.486 e. The second-order valence-corrected chi connectivity index (χ2v) is 5.25. The predicted octanol–water partition coefficient (Wildman–Crippen LogP) is 3.58. The fourth-order valence-electron chi connectivity index (χ4n) is 1.64. The van der Waals surface area contributed by atoms with Gasteiger partial charge in [-0.3, -0.25) is 0 Å². The lowest BCUT2D eigenvalue weighted by Crippen LogP contribution is -2.28. The zero-order valence-electron chi connectivity index (χ0n) is 10.5. The lowest BCUT2D eigenvalue weighted by Gasteiger charge is -2.15. The van der Waals surface area contributed by atoms with E-state index in [0.29, 0.717) is 6.54 Å². The molecule has 1 aromatic carbocycles. The van der Waals surface area contributed by atoms with Crippen molar-refractivity contribution in [2.24, 2.45) is 0 Å². The third-order valence-corrected chi connectivity index (χ3v) is 3.41. The second kappa shape index (κ2) is 6.63. The van der Waals surface area contributed by atoms with Gasteiger partial charge in [0.25, 0.3) is 0 Å². The summed E-state index contributed by atoms with van der Waals surface area (Å²) in [4.78, 5) is 1.24. The molecule has 0 aliphatic heterocycles. The van der Waals surface area contributed by atoms with Crippen molar-refractivity contribution >= 4 is 11.3 Å². The first-order valence-electron chi connectivity index (χ1n) is 6.00. The van der Waals surface area contributed by atoms with Crippen LogP contribution in [0.2, 0.25) is 0 Å². The average Bonchev–Trinajstić information content (AvgIpc) is 2.86. The summed E-state index contributed by atoms with van der Waals surface area (Å²) in [5, 5.41) is 5.25. The minimum atomic E-state index is -0.676. The van der Waals surface area contributed by atoms with Gasteiger partial charge in [0.1, 0.15) is 11.9 Å². The van der Waals surface area contributed by atoms with Crippen molar-refractivity contribution in [3.63, 3.8) is 0 Å². The van der Waals surface area contributed by atoms with E-state index in [9.17, 15) is 8.78 Å². The predicted molar refractivity (Wildman–Crippen MR) is 72.5 cm³/mol. The maximum absolute atomic E-state index is 13.4. The number of ether oxygens (including phenoxy) is 1. The van der Waals surface area contributed by atoms with Crippen LogP contribution < -0.4 is 10.1 Å². The van der Waals surface area contributed by atoms with Crippen molar-refractivity contribution in [2.45, 2.75) is 19.6 Å². The Morgan fingerprint density at radius 2 is 2.16 bits per heavy atom. The molecule has 1 unspecified atom stereocenters. The number of hydrogen-bond donors (Lipinski definition) is 1. The Morgan fingerprint density at radius 1 is 1.32 bits per heavy atom. The molecule has 19 heavy (non-hydrogen) atoms. The molecule has 2 rings (SSSR count). The zero-order valence-corrected chi connectivity index (χ0v) is 11.3. The molecule has 0 bridgehead atoms. The molecule has 0 radical (unpaired) electrons. The van der Waals surface area contributed by atoms with Crippen LogP contribution in [0.15, 0.2) is 35.7 Å². The highest BCUT2D eigenvalue weighted by Crippen LogP contribution is 2.18. The first-order valence-corrected chi connectivity index (χ1v) is 6.88. The number of nitrogens with one attached hydrogen (secondary N) is 1. The summed E-state index contributed by atoms with van der Waals surface area (Å²) in [6.07, 6.45) is -0.195.